The lowest BCUT2D eigenvalue weighted by Crippen LogP contribution is -2.46. The molecular formula is C13H19NO3. The maximum absolute atomic E-state index is 10.9. The van der Waals surface area contributed by atoms with Crippen LogP contribution < -0.4 is 4.90 Å². The standard InChI is InChI=1S/C13H19NO3/c1-4-14(9-13(3,17)12(15)16)11-7-5-10(2)6-8-11/h5-8,17H,4,9H2,1-3H3,(H,15,16). The largest absolute Gasteiger partial charge is 0.479 e. The second kappa shape index (κ2) is 5.19. The number of anilines is 1. The number of aliphatic hydroxyl groups is 1. The number of carboxylic acids is 1. The second-order valence-electron chi connectivity index (χ2n) is 4.43. The van der Waals surface area contributed by atoms with Gasteiger partial charge in [0.25, 0.3) is 0 Å². The van der Waals surface area contributed by atoms with Crippen LogP contribution in [0, 0.1) is 6.92 Å². The molecule has 4 nitrogen and oxygen atoms in total. The van der Waals surface area contributed by atoms with Gasteiger partial charge >= 0.3 is 5.97 Å². The van der Waals surface area contributed by atoms with Gasteiger partial charge in [0, 0.05) is 12.2 Å². The van der Waals surface area contributed by atoms with Crippen molar-refractivity contribution in [2.45, 2.75) is 26.4 Å². The van der Waals surface area contributed by atoms with Crippen molar-refractivity contribution in [3.05, 3.63) is 29.8 Å². The van der Waals surface area contributed by atoms with E-state index >= 15 is 0 Å². The number of rotatable bonds is 5. The van der Waals surface area contributed by atoms with Gasteiger partial charge in [-0.25, -0.2) is 4.79 Å². The Hall–Kier alpha value is -1.55. The summed E-state index contributed by atoms with van der Waals surface area (Å²) in [4.78, 5) is 12.7. The Balaban J connectivity index is 2.86. The van der Waals surface area contributed by atoms with Crippen molar-refractivity contribution in [2.24, 2.45) is 0 Å². The zero-order valence-corrected chi connectivity index (χ0v) is 10.5. The van der Waals surface area contributed by atoms with Crippen LogP contribution in [0.5, 0.6) is 0 Å². The van der Waals surface area contributed by atoms with Crippen molar-refractivity contribution >= 4 is 11.7 Å². The number of aryl methyl sites for hydroxylation is 1. The molecule has 0 aliphatic heterocycles. The molecule has 0 radical (unpaired) electrons. The molecule has 4 heteroatoms. The first-order valence-electron chi connectivity index (χ1n) is 5.64. The second-order valence-corrected chi connectivity index (χ2v) is 4.43. The minimum Gasteiger partial charge on any atom is -0.479 e. The molecule has 1 aromatic carbocycles. The normalized spacial score (nSPS) is 14.1. The van der Waals surface area contributed by atoms with Crippen molar-refractivity contribution in [2.75, 3.05) is 18.0 Å². The van der Waals surface area contributed by atoms with Crippen LogP contribution in [0.2, 0.25) is 0 Å². The molecule has 0 aliphatic carbocycles. The number of aliphatic carboxylic acids is 1. The van der Waals surface area contributed by atoms with Crippen molar-refractivity contribution in [3.63, 3.8) is 0 Å². The summed E-state index contributed by atoms with van der Waals surface area (Å²) in [5.41, 5.74) is 0.329. The molecule has 17 heavy (non-hydrogen) atoms. The summed E-state index contributed by atoms with van der Waals surface area (Å²) < 4.78 is 0. The fourth-order valence-electron chi connectivity index (χ4n) is 1.58. The van der Waals surface area contributed by atoms with E-state index in [1.165, 1.54) is 6.92 Å². The van der Waals surface area contributed by atoms with Gasteiger partial charge in [0.05, 0.1) is 6.54 Å². The van der Waals surface area contributed by atoms with Crippen LogP contribution in [0.25, 0.3) is 0 Å². The third kappa shape index (κ3) is 3.46. The van der Waals surface area contributed by atoms with Gasteiger partial charge < -0.3 is 15.1 Å². The van der Waals surface area contributed by atoms with Crippen LogP contribution in [0.3, 0.4) is 0 Å². The van der Waals surface area contributed by atoms with E-state index in [2.05, 4.69) is 0 Å². The summed E-state index contributed by atoms with van der Waals surface area (Å²) >= 11 is 0. The summed E-state index contributed by atoms with van der Waals surface area (Å²) in [5.74, 6) is -1.21. The Bertz CT molecular complexity index is 384. The quantitative estimate of drug-likeness (QED) is 0.817. The zero-order chi connectivity index (χ0) is 13.1. The van der Waals surface area contributed by atoms with E-state index in [0.29, 0.717) is 6.54 Å². The van der Waals surface area contributed by atoms with Crippen molar-refractivity contribution in [1.29, 1.82) is 0 Å². The highest BCUT2D eigenvalue weighted by molar-refractivity contribution is 5.77. The van der Waals surface area contributed by atoms with E-state index < -0.39 is 11.6 Å². The zero-order valence-electron chi connectivity index (χ0n) is 10.5. The third-order valence-electron chi connectivity index (χ3n) is 2.74. The molecule has 0 bridgehead atoms. The first-order chi connectivity index (χ1) is 7.86. The fourth-order valence-corrected chi connectivity index (χ4v) is 1.58. The predicted molar refractivity (Wildman–Crippen MR) is 67.3 cm³/mol. The highest BCUT2D eigenvalue weighted by atomic mass is 16.4. The Labute approximate surface area is 101 Å². The molecule has 94 valence electrons. The number of nitrogens with zero attached hydrogens (tertiary/aromatic N) is 1. The van der Waals surface area contributed by atoms with Crippen molar-refractivity contribution in [3.8, 4) is 0 Å². The van der Waals surface area contributed by atoms with E-state index in [1.54, 1.807) is 0 Å². The molecule has 2 N–H and O–H groups in total. The van der Waals surface area contributed by atoms with Crippen LogP contribution in [0.15, 0.2) is 24.3 Å². The summed E-state index contributed by atoms with van der Waals surface area (Å²) in [6.07, 6.45) is 0. The van der Waals surface area contributed by atoms with E-state index in [4.69, 9.17) is 5.11 Å². The minimum absolute atomic E-state index is 0.0713. The molecule has 0 spiro atoms. The van der Waals surface area contributed by atoms with E-state index in [1.807, 2.05) is 43.0 Å². The molecule has 1 atom stereocenters. The van der Waals surface area contributed by atoms with Crippen molar-refractivity contribution < 1.29 is 15.0 Å². The molecular weight excluding hydrogens is 218 g/mol. The van der Waals surface area contributed by atoms with Crippen LogP contribution in [-0.2, 0) is 4.79 Å². The number of likely N-dealkylation sites (N-methyl/N-ethyl adjacent to an activating group) is 1. The number of carboxylic acid groups (broad SMARTS) is 1. The molecule has 0 heterocycles. The van der Waals surface area contributed by atoms with E-state index in [9.17, 15) is 9.90 Å². The highest BCUT2D eigenvalue weighted by Crippen LogP contribution is 2.18. The molecule has 0 saturated carbocycles. The average Bonchev–Trinajstić information content (AvgIpc) is 2.27. The molecule has 0 fully saturated rings. The van der Waals surface area contributed by atoms with Gasteiger partial charge in [-0.1, -0.05) is 17.7 Å². The van der Waals surface area contributed by atoms with Gasteiger partial charge in [0.15, 0.2) is 5.60 Å². The van der Waals surface area contributed by atoms with E-state index in [-0.39, 0.29) is 6.54 Å². The number of hydrogen-bond acceptors (Lipinski definition) is 3. The number of hydrogen-bond donors (Lipinski definition) is 2. The molecule has 0 saturated heterocycles. The van der Waals surface area contributed by atoms with E-state index in [0.717, 1.165) is 11.3 Å². The van der Waals surface area contributed by atoms with Crippen LogP contribution in [0.4, 0.5) is 5.69 Å². The van der Waals surface area contributed by atoms with Crippen molar-refractivity contribution in [1.82, 2.24) is 0 Å². The highest BCUT2D eigenvalue weighted by Gasteiger charge is 2.32. The first-order valence-corrected chi connectivity index (χ1v) is 5.64. The van der Waals surface area contributed by atoms with Crippen LogP contribution in [-0.4, -0.2) is 34.9 Å². The van der Waals surface area contributed by atoms with Crippen LogP contribution in [0.1, 0.15) is 19.4 Å². The Kier molecular flexibility index (Phi) is 4.12. The fraction of sp³-hybridized carbons (Fsp3) is 0.462. The summed E-state index contributed by atoms with van der Waals surface area (Å²) in [5, 5.41) is 18.7. The molecule has 0 aromatic heterocycles. The smallest absolute Gasteiger partial charge is 0.337 e. The Morgan fingerprint density at radius 1 is 1.35 bits per heavy atom. The minimum atomic E-state index is -1.74. The van der Waals surface area contributed by atoms with Gasteiger partial charge in [-0.3, -0.25) is 0 Å². The van der Waals surface area contributed by atoms with Gasteiger partial charge in [-0.2, -0.15) is 0 Å². The topological polar surface area (TPSA) is 60.8 Å². The Morgan fingerprint density at radius 3 is 2.29 bits per heavy atom. The lowest BCUT2D eigenvalue weighted by atomic mass is 10.1. The van der Waals surface area contributed by atoms with Gasteiger partial charge in [0.2, 0.25) is 0 Å². The molecule has 1 unspecified atom stereocenters. The molecule has 0 aliphatic rings. The molecule has 0 amide bonds. The monoisotopic (exact) mass is 237 g/mol. The van der Waals surface area contributed by atoms with Gasteiger partial charge in [-0.15, -0.1) is 0 Å². The lowest BCUT2D eigenvalue weighted by molar-refractivity contribution is -0.155. The SMILES string of the molecule is CCN(CC(C)(O)C(=O)O)c1ccc(C)cc1. The average molecular weight is 237 g/mol. The summed E-state index contributed by atoms with van der Waals surface area (Å²) in [6.45, 7) is 5.95. The molecule has 1 rings (SSSR count). The number of benzene rings is 1. The maximum Gasteiger partial charge on any atom is 0.337 e. The third-order valence-corrected chi connectivity index (χ3v) is 2.74. The van der Waals surface area contributed by atoms with Gasteiger partial charge in [0.1, 0.15) is 0 Å². The summed E-state index contributed by atoms with van der Waals surface area (Å²) in [6, 6.07) is 7.79. The maximum atomic E-state index is 10.9. The van der Waals surface area contributed by atoms with Gasteiger partial charge in [-0.05, 0) is 32.9 Å². The lowest BCUT2D eigenvalue weighted by Gasteiger charge is -2.29. The molecule has 1 aromatic rings. The summed E-state index contributed by atoms with van der Waals surface area (Å²) in [7, 11) is 0. The van der Waals surface area contributed by atoms with Crippen LogP contribution >= 0.6 is 0 Å². The Morgan fingerprint density at radius 2 is 1.88 bits per heavy atom. The predicted octanol–water partition coefficient (Wildman–Crippen LogP) is 1.66. The number of carbonyl (C=O) groups is 1. The first kappa shape index (κ1) is 13.5.